The molecular weight excluding hydrogens is 1250 g/mol. The van der Waals surface area contributed by atoms with Crippen molar-refractivity contribution in [1.29, 1.82) is 0 Å². The van der Waals surface area contributed by atoms with Crippen molar-refractivity contribution in [2.45, 2.75) is 103 Å². The minimum atomic E-state index is -2.34. The zero-order chi connectivity index (χ0) is 66.5. The van der Waals surface area contributed by atoms with Crippen molar-refractivity contribution >= 4 is 144 Å². The van der Waals surface area contributed by atoms with Crippen molar-refractivity contribution in [3.8, 4) is 11.1 Å². The Morgan fingerprint density at radius 3 is 1.14 bits per heavy atom. The SMILES string of the molecule is CC(C)(C)c1cccc(N(c2ccc([Si](C)(c3ccccc3)c3ccccc3)cc2)c2ccc3c(c2)sc2cc4c(cc23)-c2ccc3c(sc5cc(N(c6ccc([Si](C)(c7ccccc7)c7ccccc7)cc6)c6cccc(C(C)(C)C)c6)ccc53)c2C42C3CC4CC(C3)CC2C4)c1. The van der Waals surface area contributed by atoms with E-state index in [1.807, 2.05) is 11.3 Å². The molecule has 0 atom stereocenters. The lowest BCUT2D eigenvalue weighted by atomic mass is 9.43. The molecule has 2 aromatic heterocycles. The predicted octanol–water partition coefficient (Wildman–Crippen LogP) is 21.9. The quantitative estimate of drug-likeness (QED) is 0.0888. The smallest absolute Gasteiger partial charge is 0.145 e. The van der Waals surface area contributed by atoms with Gasteiger partial charge < -0.3 is 9.80 Å². The van der Waals surface area contributed by atoms with Gasteiger partial charge in [0.15, 0.2) is 0 Å². The highest BCUT2D eigenvalue weighted by atomic mass is 32.1. The van der Waals surface area contributed by atoms with E-state index in [-0.39, 0.29) is 16.2 Å². The molecule has 5 aliphatic carbocycles. The molecule has 14 aromatic rings. The first-order chi connectivity index (χ1) is 47.5. The van der Waals surface area contributed by atoms with Crippen LogP contribution in [0.15, 0.2) is 279 Å². The second-order valence-corrected chi connectivity index (χ2v) is 41.7. The summed E-state index contributed by atoms with van der Waals surface area (Å²) in [6.07, 6.45) is 6.81. The summed E-state index contributed by atoms with van der Waals surface area (Å²) in [5, 5.41) is 14.0. The summed E-state index contributed by atoms with van der Waals surface area (Å²) in [6.45, 7) is 19.0. The van der Waals surface area contributed by atoms with Crippen molar-refractivity contribution in [3.63, 3.8) is 0 Å². The summed E-state index contributed by atoms with van der Waals surface area (Å²) in [4.78, 5) is 5.04. The van der Waals surface area contributed by atoms with Gasteiger partial charge in [0, 0.05) is 79.9 Å². The van der Waals surface area contributed by atoms with Gasteiger partial charge in [0.05, 0.1) is 0 Å². The zero-order valence-electron chi connectivity index (χ0n) is 57.6. The monoisotopic (exact) mass is 1340 g/mol. The summed E-state index contributed by atoms with van der Waals surface area (Å²) in [5.74, 6) is 2.96. The van der Waals surface area contributed by atoms with E-state index in [0.717, 1.165) is 11.8 Å². The molecule has 0 amide bonds. The molecule has 0 aliphatic heterocycles. The van der Waals surface area contributed by atoms with E-state index in [9.17, 15) is 0 Å². The second-order valence-electron chi connectivity index (χ2n) is 31.6. The van der Waals surface area contributed by atoms with Gasteiger partial charge in [-0.25, -0.2) is 0 Å². The standard InChI is InChI=1S/C92H84N2S2Si2/c1-90(2,3)62-23-21-25-68(54-62)93(66-35-41-76(42-36-66)97(7,72-27-13-9-14-28-72)73-29-15-10-16-30-73)70-40-46-79-83-58-82-80-47-48-81-78-45-39-71(57-86(78)96-89(81)88(80)92(84(82)59-87(83)95-85(79)56-70)64-50-60-49-61(52-64)53-65(92)51-60)94(69-26-22-24-63(55-69)91(4,5)6)67-37-43-77(44-38-67)98(8,74-31-17-11-18-32-74)75-33-19-12-20-34-75/h9-48,54-61,64-65H,49-53H2,1-8H3. The van der Waals surface area contributed by atoms with Crippen LogP contribution in [0, 0.1) is 23.7 Å². The van der Waals surface area contributed by atoms with Crippen LogP contribution in [0.5, 0.6) is 0 Å². The van der Waals surface area contributed by atoms with E-state index in [2.05, 4.69) is 355 Å². The van der Waals surface area contributed by atoms with Crippen LogP contribution in [0.2, 0.25) is 13.1 Å². The summed E-state index contributed by atoms with van der Waals surface area (Å²) < 4.78 is 5.64. The van der Waals surface area contributed by atoms with E-state index < -0.39 is 16.1 Å². The molecule has 482 valence electrons. The largest absolute Gasteiger partial charge is 0.310 e. The van der Waals surface area contributed by atoms with Crippen LogP contribution in [-0.4, -0.2) is 16.1 Å². The first-order valence-electron chi connectivity index (χ1n) is 35.8. The Morgan fingerprint density at radius 2 is 0.704 bits per heavy atom. The van der Waals surface area contributed by atoms with Gasteiger partial charge in [-0.2, -0.15) is 0 Å². The van der Waals surface area contributed by atoms with Gasteiger partial charge >= 0.3 is 0 Å². The first kappa shape index (κ1) is 61.4. The van der Waals surface area contributed by atoms with Gasteiger partial charge in [-0.15, -0.1) is 22.7 Å². The molecule has 12 aromatic carbocycles. The van der Waals surface area contributed by atoms with Crippen LogP contribution < -0.4 is 40.9 Å². The van der Waals surface area contributed by atoms with Gasteiger partial charge in [-0.05, 0) is 216 Å². The highest BCUT2D eigenvalue weighted by Crippen LogP contribution is 2.71. The molecule has 0 saturated heterocycles. The summed E-state index contributed by atoms with van der Waals surface area (Å²) in [7, 11) is -4.67. The third-order valence-corrected chi connectivity index (χ3v) is 35.3. The number of benzene rings is 12. The molecule has 5 aliphatic rings. The van der Waals surface area contributed by atoms with Crippen molar-refractivity contribution < 1.29 is 0 Å². The maximum Gasteiger partial charge on any atom is 0.145 e. The molecular formula is C92H84N2S2Si2. The number of anilines is 6. The molecule has 0 N–H and O–H groups in total. The third-order valence-electron chi connectivity index (χ3n) is 24.1. The zero-order valence-corrected chi connectivity index (χ0v) is 61.2. The highest BCUT2D eigenvalue weighted by Gasteiger charge is 2.62. The molecule has 19 rings (SSSR count). The molecule has 2 nitrogen and oxygen atoms in total. The van der Waals surface area contributed by atoms with Crippen molar-refractivity contribution in [3.05, 3.63) is 301 Å². The fourth-order valence-electron chi connectivity index (χ4n) is 19.1. The molecule has 4 bridgehead atoms. The number of fused-ring (bicyclic) bond motifs is 10. The van der Waals surface area contributed by atoms with Crippen molar-refractivity contribution in [1.82, 2.24) is 0 Å². The number of hydrogen-bond donors (Lipinski definition) is 0. The Hall–Kier alpha value is -8.89. The lowest BCUT2D eigenvalue weighted by Crippen LogP contribution is -2.64. The normalized spacial score (nSPS) is 18.9. The average molecular weight is 1340 g/mol. The van der Waals surface area contributed by atoms with Crippen LogP contribution in [0.3, 0.4) is 0 Å². The summed E-state index contributed by atoms with van der Waals surface area (Å²) >= 11 is 4.09. The van der Waals surface area contributed by atoms with Crippen LogP contribution in [-0.2, 0) is 16.2 Å². The van der Waals surface area contributed by atoms with E-state index in [0.29, 0.717) is 11.8 Å². The fourth-order valence-corrected chi connectivity index (χ4v) is 28.7. The minimum absolute atomic E-state index is 0.00694. The molecule has 6 heteroatoms. The Bertz CT molecular complexity index is 5280. The molecule has 4 fully saturated rings. The van der Waals surface area contributed by atoms with Gasteiger partial charge in [0.1, 0.15) is 16.1 Å². The number of nitrogens with zero attached hydrogens (tertiary/aromatic N) is 2. The predicted molar refractivity (Wildman–Crippen MR) is 429 cm³/mol. The van der Waals surface area contributed by atoms with E-state index in [4.69, 9.17) is 0 Å². The third kappa shape index (κ3) is 9.70. The maximum absolute atomic E-state index is 2.75. The molecule has 98 heavy (non-hydrogen) atoms. The van der Waals surface area contributed by atoms with Crippen molar-refractivity contribution in [2.24, 2.45) is 23.7 Å². The topological polar surface area (TPSA) is 6.48 Å². The number of thiophene rings is 2. The average Bonchev–Trinajstić information content (AvgIpc) is 1.52. The Balaban J connectivity index is 0.764. The first-order valence-corrected chi connectivity index (χ1v) is 42.4. The van der Waals surface area contributed by atoms with Crippen LogP contribution in [0.4, 0.5) is 34.1 Å². The molecule has 0 radical (unpaired) electrons. The molecule has 4 saturated carbocycles. The lowest BCUT2D eigenvalue weighted by Gasteiger charge is -2.61. The Labute approximate surface area is 589 Å². The lowest BCUT2D eigenvalue weighted by molar-refractivity contribution is -0.0392. The highest BCUT2D eigenvalue weighted by molar-refractivity contribution is 7.26. The van der Waals surface area contributed by atoms with Gasteiger partial charge in [-0.3, -0.25) is 0 Å². The van der Waals surface area contributed by atoms with Gasteiger partial charge in [0.2, 0.25) is 0 Å². The second kappa shape index (κ2) is 23.1. The van der Waals surface area contributed by atoms with Gasteiger partial charge in [0.25, 0.3) is 0 Å². The van der Waals surface area contributed by atoms with E-state index in [1.165, 1.54) is 160 Å². The molecule has 2 heterocycles. The van der Waals surface area contributed by atoms with Crippen molar-refractivity contribution in [2.75, 3.05) is 9.80 Å². The number of rotatable bonds is 12. The Morgan fingerprint density at radius 1 is 0.327 bits per heavy atom. The van der Waals surface area contributed by atoms with E-state index >= 15 is 0 Å². The van der Waals surface area contributed by atoms with Gasteiger partial charge in [-0.1, -0.05) is 249 Å². The fraction of sp³-hybridized carbons (Fsp3) is 0.217. The Kier molecular flexibility index (Phi) is 14.5. The van der Waals surface area contributed by atoms with Crippen LogP contribution in [0.25, 0.3) is 51.5 Å². The van der Waals surface area contributed by atoms with Crippen LogP contribution >= 0.6 is 22.7 Å². The summed E-state index contributed by atoms with van der Waals surface area (Å²) in [5.41, 5.74) is 16.0. The van der Waals surface area contributed by atoms with Crippen LogP contribution in [0.1, 0.15) is 95.9 Å². The van der Waals surface area contributed by atoms with E-state index in [1.54, 1.807) is 11.1 Å². The molecule has 0 unspecified atom stereocenters. The molecule has 1 spiro atoms. The maximum atomic E-state index is 2.75. The summed E-state index contributed by atoms with van der Waals surface area (Å²) in [6, 6.07) is 108. The minimum Gasteiger partial charge on any atom is -0.310 e. The number of hydrogen-bond acceptors (Lipinski definition) is 4.